The molecule has 80 valence electrons. The van der Waals surface area contributed by atoms with Gasteiger partial charge in [0.2, 0.25) is 5.76 Å². The van der Waals surface area contributed by atoms with Crippen LogP contribution in [0.3, 0.4) is 0 Å². The first-order chi connectivity index (χ1) is 7.02. The van der Waals surface area contributed by atoms with E-state index < -0.39 is 29.9 Å². The highest BCUT2D eigenvalue weighted by atomic mass is 16.6. The fraction of sp³-hybridized carbons (Fsp3) is 0.222. The number of cyclic esters (lactones) is 1. The number of carbonyl (C=O) groups is 3. The van der Waals surface area contributed by atoms with Crippen LogP contribution in [0.25, 0.3) is 0 Å². The minimum Gasteiger partial charge on any atom is -0.502 e. The van der Waals surface area contributed by atoms with Gasteiger partial charge in [-0.2, -0.15) is 0 Å². The van der Waals surface area contributed by atoms with Crippen LogP contribution in [-0.2, 0) is 23.9 Å². The van der Waals surface area contributed by atoms with Crippen LogP contribution in [-0.4, -0.2) is 29.9 Å². The number of carbonyl (C=O) groups excluding carboxylic acids is 3. The summed E-state index contributed by atoms with van der Waals surface area (Å²) in [5.41, 5.74) is 0. The van der Waals surface area contributed by atoms with E-state index >= 15 is 0 Å². The molecule has 1 rings (SSSR count). The van der Waals surface area contributed by atoms with Gasteiger partial charge in [0.1, 0.15) is 12.2 Å². The van der Waals surface area contributed by atoms with E-state index in [4.69, 9.17) is 5.11 Å². The number of ketones is 1. The minimum absolute atomic E-state index is 0.0913. The second-order valence-electron chi connectivity index (χ2n) is 2.69. The van der Waals surface area contributed by atoms with E-state index in [2.05, 4.69) is 9.47 Å². The Balaban J connectivity index is 2.62. The van der Waals surface area contributed by atoms with Crippen molar-refractivity contribution in [3.05, 3.63) is 23.7 Å². The molecule has 0 unspecified atom stereocenters. The molecule has 6 heteroatoms. The maximum atomic E-state index is 11.1. The summed E-state index contributed by atoms with van der Waals surface area (Å²) < 4.78 is 8.73. The van der Waals surface area contributed by atoms with E-state index in [1.807, 2.05) is 0 Å². The topological polar surface area (TPSA) is 89.9 Å². The standard InChI is InChI=1S/C9H8O6/c1-14-8(12)3-5(10)2-6-4-7(11)9(13)15-6/h2,4,11H,3H2,1H3. The van der Waals surface area contributed by atoms with Crippen molar-refractivity contribution in [2.45, 2.75) is 6.42 Å². The number of methoxy groups -OCH3 is 1. The second-order valence-corrected chi connectivity index (χ2v) is 2.69. The second kappa shape index (κ2) is 4.41. The average molecular weight is 212 g/mol. The number of hydrogen-bond acceptors (Lipinski definition) is 6. The number of aliphatic hydroxyl groups is 1. The summed E-state index contributed by atoms with van der Waals surface area (Å²) in [7, 11) is 1.16. The van der Waals surface area contributed by atoms with Gasteiger partial charge in [0, 0.05) is 12.2 Å². The van der Waals surface area contributed by atoms with Gasteiger partial charge >= 0.3 is 11.9 Å². The maximum absolute atomic E-state index is 11.1. The lowest BCUT2D eigenvalue weighted by Gasteiger charge is -1.95. The number of rotatable bonds is 3. The first kappa shape index (κ1) is 11.0. The molecular weight excluding hydrogens is 204 g/mol. The monoisotopic (exact) mass is 212 g/mol. The third-order valence-corrected chi connectivity index (χ3v) is 1.55. The number of hydrogen-bond donors (Lipinski definition) is 1. The van der Waals surface area contributed by atoms with Gasteiger partial charge < -0.3 is 14.6 Å². The molecule has 6 nitrogen and oxygen atoms in total. The van der Waals surface area contributed by atoms with Crippen molar-refractivity contribution < 1.29 is 29.0 Å². The molecule has 0 aromatic heterocycles. The molecule has 0 saturated carbocycles. The summed E-state index contributed by atoms with van der Waals surface area (Å²) in [6, 6.07) is 0. The van der Waals surface area contributed by atoms with Crippen LogP contribution in [0.1, 0.15) is 6.42 Å². The Bertz CT molecular complexity index is 376. The molecule has 15 heavy (non-hydrogen) atoms. The SMILES string of the molecule is COC(=O)CC(=O)C=C1C=C(O)C(=O)O1. The molecule has 0 aliphatic carbocycles. The normalized spacial score (nSPS) is 17.3. The van der Waals surface area contributed by atoms with Crippen molar-refractivity contribution in [3.63, 3.8) is 0 Å². The molecule has 0 saturated heterocycles. The van der Waals surface area contributed by atoms with Gasteiger partial charge in [-0.05, 0) is 0 Å². The van der Waals surface area contributed by atoms with Gasteiger partial charge in [-0.25, -0.2) is 4.79 Å². The van der Waals surface area contributed by atoms with Crippen LogP contribution in [0.2, 0.25) is 0 Å². The van der Waals surface area contributed by atoms with Crippen molar-refractivity contribution in [1.29, 1.82) is 0 Å². The quantitative estimate of drug-likeness (QED) is 0.402. The fourth-order valence-corrected chi connectivity index (χ4v) is 0.878. The zero-order valence-corrected chi connectivity index (χ0v) is 7.85. The summed E-state index contributed by atoms with van der Waals surface area (Å²) in [5, 5.41) is 8.85. The Labute approximate surface area is 84.8 Å². The van der Waals surface area contributed by atoms with E-state index in [9.17, 15) is 14.4 Å². The Morgan fingerprint density at radius 3 is 2.73 bits per heavy atom. The lowest BCUT2D eigenvalue weighted by atomic mass is 10.2. The van der Waals surface area contributed by atoms with Crippen LogP contribution in [0.15, 0.2) is 23.7 Å². The molecule has 0 spiro atoms. The van der Waals surface area contributed by atoms with Gasteiger partial charge in [-0.15, -0.1) is 0 Å². The molecule has 1 aliphatic heterocycles. The molecule has 0 atom stereocenters. The van der Waals surface area contributed by atoms with Crippen molar-refractivity contribution >= 4 is 17.7 Å². The van der Waals surface area contributed by atoms with Gasteiger partial charge in [-0.3, -0.25) is 9.59 Å². The predicted octanol–water partition coefficient (Wildman–Crippen LogP) is 0.00120. The number of ether oxygens (including phenoxy) is 2. The summed E-state index contributed by atoms with van der Waals surface area (Å²) >= 11 is 0. The van der Waals surface area contributed by atoms with Crippen molar-refractivity contribution in [2.24, 2.45) is 0 Å². The Kier molecular flexibility index (Phi) is 3.22. The molecule has 0 aromatic rings. The van der Waals surface area contributed by atoms with Crippen molar-refractivity contribution in [2.75, 3.05) is 7.11 Å². The summed E-state index contributed by atoms with van der Waals surface area (Å²) in [4.78, 5) is 32.4. The first-order valence-corrected chi connectivity index (χ1v) is 3.97. The largest absolute Gasteiger partial charge is 0.502 e. The molecule has 0 fully saturated rings. The average Bonchev–Trinajstić information content (AvgIpc) is 2.45. The zero-order valence-electron chi connectivity index (χ0n) is 7.85. The molecular formula is C9H8O6. The summed E-state index contributed by atoms with van der Waals surface area (Å²) in [5.74, 6) is -2.85. The lowest BCUT2D eigenvalue weighted by Crippen LogP contribution is -2.07. The van der Waals surface area contributed by atoms with Gasteiger partial charge in [0.15, 0.2) is 5.78 Å². The van der Waals surface area contributed by atoms with E-state index in [-0.39, 0.29) is 5.76 Å². The number of aliphatic hydroxyl groups excluding tert-OH is 1. The fourth-order valence-electron chi connectivity index (χ4n) is 0.878. The van der Waals surface area contributed by atoms with Crippen molar-refractivity contribution in [3.8, 4) is 0 Å². The van der Waals surface area contributed by atoms with E-state index in [1.54, 1.807) is 0 Å². The highest BCUT2D eigenvalue weighted by Gasteiger charge is 2.21. The van der Waals surface area contributed by atoms with Gasteiger partial charge in [0.25, 0.3) is 0 Å². The molecule has 1 heterocycles. The third-order valence-electron chi connectivity index (χ3n) is 1.55. The predicted molar refractivity (Wildman–Crippen MR) is 46.5 cm³/mol. The smallest absolute Gasteiger partial charge is 0.378 e. The molecule has 0 bridgehead atoms. The third kappa shape index (κ3) is 2.94. The molecule has 0 amide bonds. The maximum Gasteiger partial charge on any atom is 0.378 e. The van der Waals surface area contributed by atoms with Crippen LogP contribution in [0, 0.1) is 0 Å². The Morgan fingerprint density at radius 1 is 1.60 bits per heavy atom. The molecule has 0 aromatic carbocycles. The highest BCUT2D eigenvalue weighted by molar-refractivity contribution is 6.03. The van der Waals surface area contributed by atoms with Crippen LogP contribution in [0.4, 0.5) is 0 Å². The number of allylic oxidation sites excluding steroid dienone is 2. The first-order valence-electron chi connectivity index (χ1n) is 3.97. The van der Waals surface area contributed by atoms with Gasteiger partial charge in [-0.1, -0.05) is 0 Å². The van der Waals surface area contributed by atoms with Crippen molar-refractivity contribution in [1.82, 2.24) is 0 Å². The minimum atomic E-state index is -0.924. The highest BCUT2D eigenvalue weighted by Crippen LogP contribution is 2.14. The van der Waals surface area contributed by atoms with Crippen LogP contribution < -0.4 is 0 Å². The molecule has 1 N–H and O–H groups in total. The van der Waals surface area contributed by atoms with E-state index in [1.165, 1.54) is 0 Å². The summed E-state index contributed by atoms with van der Waals surface area (Å²) in [6.07, 6.45) is 1.50. The van der Waals surface area contributed by atoms with Gasteiger partial charge in [0.05, 0.1) is 7.11 Å². The molecule has 0 radical (unpaired) electrons. The van der Waals surface area contributed by atoms with E-state index in [0.717, 1.165) is 19.3 Å². The zero-order chi connectivity index (χ0) is 11.4. The van der Waals surface area contributed by atoms with Crippen LogP contribution in [0.5, 0.6) is 0 Å². The molecule has 1 aliphatic rings. The summed E-state index contributed by atoms with van der Waals surface area (Å²) in [6.45, 7) is 0. The lowest BCUT2D eigenvalue weighted by molar-refractivity contribution is -0.142. The van der Waals surface area contributed by atoms with Crippen LogP contribution >= 0.6 is 0 Å². The van der Waals surface area contributed by atoms with E-state index in [0.29, 0.717) is 0 Å². The Hall–Kier alpha value is -2.11. The Morgan fingerprint density at radius 2 is 2.27 bits per heavy atom. The number of esters is 2.